The van der Waals surface area contributed by atoms with Crippen LogP contribution < -0.4 is 11.1 Å². The van der Waals surface area contributed by atoms with E-state index in [0.717, 1.165) is 12.1 Å². The summed E-state index contributed by atoms with van der Waals surface area (Å²) < 4.78 is 5.11. The molecular formula is C24H17N3O7. The van der Waals surface area contributed by atoms with Crippen molar-refractivity contribution in [2.24, 2.45) is 0 Å². The fraction of sp³-hybridized carbons (Fsp3) is 0.0833. The highest BCUT2D eigenvalue weighted by molar-refractivity contribution is 6.28. The Morgan fingerprint density at radius 2 is 1.56 bits per heavy atom. The van der Waals surface area contributed by atoms with Crippen LogP contribution in [0, 0.1) is 10.1 Å². The molecule has 0 fully saturated rings. The number of benzene rings is 3. The number of ketones is 2. The van der Waals surface area contributed by atoms with Gasteiger partial charge in [0.2, 0.25) is 0 Å². The van der Waals surface area contributed by atoms with E-state index in [1.54, 1.807) is 24.3 Å². The zero-order valence-electron chi connectivity index (χ0n) is 17.7. The summed E-state index contributed by atoms with van der Waals surface area (Å²) in [5, 5.41) is 13.5. The Bertz CT molecular complexity index is 1400. The number of esters is 1. The molecule has 0 heterocycles. The van der Waals surface area contributed by atoms with Crippen molar-refractivity contribution in [1.29, 1.82) is 0 Å². The largest absolute Gasteiger partial charge is 0.449 e. The second-order valence-electron chi connectivity index (χ2n) is 7.53. The molecule has 4 rings (SSSR count). The first-order valence-corrected chi connectivity index (χ1v) is 10.1. The molecular weight excluding hydrogens is 442 g/mol. The molecule has 0 saturated heterocycles. The minimum atomic E-state index is -1.29. The maximum Gasteiger partial charge on any atom is 0.341 e. The molecule has 0 bridgehead atoms. The third-order valence-corrected chi connectivity index (χ3v) is 5.31. The van der Waals surface area contributed by atoms with Gasteiger partial charge < -0.3 is 15.8 Å². The predicted molar refractivity (Wildman–Crippen MR) is 121 cm³/mol. The number of ether oxygens (including phenoxy) is 1. The molecule has 1 aliphatic carbocycles. The quantitative estimate of drug-likeness (QED) is 0.199. The number of non-ortho nitro benzene ring substituents is 1. The Morgan fingerprint density at radius 1 is 0.941 bits per heavy atom. The number of fused-ring (bicyclic) bond motifs is 2. The second kappa shape index (κ2) is 8.58. The summed E-state index contributed by atoms with van der Waals surface area (Å²) in [5.41, 5.74) is 6.26. The fourth-order valence-corrected chi connectivity index (χ4v) is 3.53. The van der Waals surface area contributed by atoms with Gasteiger partial charge in [-0.15, -0.1) is 0 Å². The lowest BCUT2D eigenvalue weighted by Gasteiger charge is -2.19. The van der Waals surface area contributed by atoms with Crippen LogP contribution in [0.4, 0.5) is 17.1 Å². The molecule has 1 aliphatic rings. The molecule has 3 N–H and O–H groups in total. The second-order valence-corrected chi connectivity index (χ2v) is 7.53. The molecule has 0 saturated carbocycles. The molecule has 0 radical (unpaired) electrons. The van der Waals surface area contributed by atoms with Crippen LogP contribution in [0.1, 0.15) is 49.1 Å². The van der Waals surface area contributed by atoms with Crippen molar-refractivity contribution in [1.82, 2.24) is 0 Å². The molecule has 0 aromatic heterocycles. The third-order valence-electron chi connectivity index (χ3n) is 5.31. The standard InChI is InChI=1S/C24H17N3O7/c1-12(34-24(31)19-11-14(27(32)33)7-9-20(19)25)23(30)26-13-6-8-17-18(10-13)22(29)16-5-3-2-4-15(16)21(17)28/h2-12H,25H2,1H3,(H,26,30). The van der Waals surface area contributed by atoms with E-state index >= 15 is 0 Å². The molecule has 0 spiro atoms. The third kappa shape index (κ3) is 3.99. The van der Waals surface area contributed by atoms with Gasteiger partial charge >= 0.3 is 5.97 Å². The molecule has 10 nitrogen and oxygen atoms in total. The fourth-order valence-electron chi connectivity index (χ4n) is 3.53. The number of nitrogens with one attached hydrogen (secondary N) is 1. The van der Waals surface area contributed by atoms with E-state index in [4.69, 9.17) is 10.5 Å². The average molecular weight is 459 g/mol. The topological polar surface area (TPSA) is 159 Å². The van der Waals surface area contributed by atoms with E-state index in [2.05, 4.69) is 5.32 Å². The number of nitrogens with two attached hydrogens (primary N) is 1. The number of nitro benzene ring substituents is 1. The summed E-state index contributed by atoms with van der Waals surface area (Å²) >= 11 is 0. The van der Waals surface area contributed by atoms with Crippen LogP contribution in [0.5, 0.6) is 0 Å². The van der Waals surface area contributed by atoms with Gasteiger partial charge in [-0.25, -0.2) is 4.79 Å². The van der Waals surface area contributed by atoms with Crippen molar-refractivity contribution in [3.63, 3.8) is 0 Å². The van der Waals surface area contributed by atoms with Crippen molar-refractivity contribution in [3.05, 3.63) is 98.6 Å². The number of nitrogens with zero attached hydrogens (tertiary/aromatic N) is 1. The Balaban J connectivity index is 1.50. The number of anilines is 2. The molecule has 1 unspecified atom stereocenters. The molecule has 170 valence electrons. The van der Waals surface area contributed by atoms with E-state index in [-0.39, 0.29) is 50.9 Å². The van der Waals surface area contributed by atoms with E-state index in [0.29, 0.717) is 5.56 Å². The average Bonchev–Trinajstić information content (AvgIpc) is 2.82. The van der Waals surface area contributed by atoms with Crippen LogP contribution in [0.25, 0.3) is 0 Å². The van der Waals surface area contributed by atoms with Crippen molar-refractivity contribution in [2.75, 3.05) is 11.1 Å². The molecule has 1 amide bonds. The van der Waals surface area contributed by atoms with Crippen LogP contribution in [-0.4, -0.2) is 34.5 Å². The summed E-state index contributed by atoms with van der Waals surface area (Å²) in [6.07, 6.45) is -1.29. The Morgan fingerprint density at radius 3 is 2.21 bits per heavy atom. The zero-order chi connectivity index (χ0) is 24.6. The number of hydrogen-bond donors (Lipinski definition) is 2. The summed E-state index contributed by atoms with van der Waals surface area (Å²) in [6.45, 7) is 1.31. The summed E-state index contributed by atoms with van der Waals surface area (Å²) in [5.74, 6) is -2.36. The lowest BCUT2D eigenvalue weighted by atomic mass is 9.84. The first-order valence-electron chi connectivity index (χ1n) is 10.1. The minimum absolute atomic E-state index is 0.0404. The van der Waals surface area contributed by atoms with Crippen LogP contribution in [0.2, 0.25) is 0 Å². The number of carbonyl (C=O) groups is 4. The van der Waals surface area contributed by atoms with Gasteiger partial charge in [-0.2, -0.15) is 0 Å². The highest BCUT2D eigenvalue weighted by atomic mass is 16.6. The summed E-state index contributed by atoms with van der Waals surface area (Å²) in [4.78, 5) is 60.8. The Labute approximate surface area is 192 Å². The number of carbonyl (C=O) groups excluding carboxylic acids is 4. The van der Waals surface area contributed by atoms with Gasteiger partial charge in [-0.3, -0.25) is 24.5 Å². The maximum atomic E-state index is 12.8. The number of nitro groups is 1. The van der Waals surface area contributed by atoms with Crippen molar-refractivity contribution < 1.29 is 28.8 Å². The van der Waals surface area contributed by atoms with Crippen molar-refractivity contribution in [2.45, 2.75) is 13.0 Å². The molecule has 0 aliphatic heterocycles. The maximum absolute atomic E-state index is 12.8. The van der Waals surface area contributed by atoms with Crippen molar-refractivity contribution in [3.8, 4) is 0 Å². The molecule has 3 aromatic rings. The lowest BCUT2D eigenvalue weighted by Crippen LogP contribution is -2.30. The van der Waals surface area contributed by atoms with E-state index < -0.39 is 22.9 Å². The summed E-state index contributed by atoms with van der Waals surface area (Å²) in [6, 6.07) is 14.1. The van der Waals surface area contributed by atoms with Crippen molar-refractivity contribution >= 4 is 40.5 Å². The summed E-state index contributed by atoms with van der Waals surface area (Å²) in [7, 11) is 0. The van der Waals surface area contributed by atoms with E-state index in [9.17, 15) is 29.3 Å². The first-order chi connectivity index (χ1) is 16.2. The zero-order valence-corrected chi connectivity index (χ0v) is 17.7. The van der Waals surface area contributed by atoms with Gasteiger partial charge in [-0.1, -0.05) is 24.3 Å². The number of rotatable bonds is 5. The number of amides is 1. The Kier molecular flexibility index (Phi) is 5.64. The van der Waals surface area contributed by atoms with Crippen LogP contribution in [0.3, 0.4) is 0 Å². The van der Waals surface area contributed by atoms with Gasteiger partial charge in [0.15, 0.2) is 17.7 Å². The van der Waals surface area contributed by atoms with Crippen LogP contribution >= 0.6 is 0 Å². The van der Waals surface area contributed by atoms with Gasteiger partial charge in [0, 0.05) is 45.8 Å². The van der Waals surface area contributed by atoms with E-state index in [1.807, 2.05) is 0 Å². The SMILES string of the molecule is CC(OC(=O)c1cc([N+](=O)[O-])ccc1N)C(=O)Nc1ccc2c(c1)C(=O)c1ccccc1C2=O. The molecule has 34 heavy (non-hydrogen) atoms. The van der Waals surface area contributed by atoms with Gasteiger partial charge in [0.25, 0.3) is 11.6 Å². The highest BCUT2D eigenvalue weighted by Gasteiger charge is 2.30. The predicted octanol–water partition coefficient (Wildman–Crippen LogP) is 3.14. The van der Waals surface area contributed by atoms with Crippen LogP contribution in [0.15, 0.2) is 60.7 Å². The smallest absolute Gasteiger partial charge is 0.341 e. The first kappa shape index (κ1) is 22.3. The van der Waals surface area contributed by atoms with Crippen LogP contribution in [-0.2, 0) is 9.53 Å². The molecule has 10 heteroatoms. The number of nitrogen functional groups attached to an aromatic ring is 1. The lowest BCUT2D eigenvalue weighted by molar-refractivity contribution is -0.384. The van der Waals surface area contributed by atoms with Gasteiger partial charge in [0.05, 0.1) is 10.5 Å². The molecule has 1 atom stereocenters. The minimum Gasteiger partial charge on any atom is -0.449 e. The molecule has 3 aromatic carbocycles. The van der Waals surface area contributed by atoms with E-state index in [1.165, 1.54) is 31.2 Å². The normalized spacial score (nSPS) is 12.9. The van der Waals surface area contributed by atoms with Gasteiger partial charge in [-0.05, 0) is 31.2 Å². The number of hydrogen-bond acceptors (Lipinski definition) is 8. The Hall–Kier alpha value is -4.86. The monoisotopic (exact) mass is 459 g/mol. The van der Waals surface area contributed by atoms with Gasteiger partial charge in [0.1, 0.15) is 0 Å². The highest BCUT2D eigenvalue weighted by Crippen LogP contribution is 2.29.